The Hall–Kier alpha value is -0.910. The highest BCUT2D eigenvalue weighted by Gasteiger charge is 2.07. The Morgan fingerprint density at radius 2 is 1.70 bits per heavy atom. The molecule has 110 valence electrons. The van der Waals surface area contributed by atoms with Crippen LogP contribution in [-0.4, -0.2) is 18.1 Å². The van der Waals surface area contributed by atoms with Gasteiger partial charge in [-0.1, -0.05) is 6.92 Å². The third-order valence-corrected chi connectivity index (χ3v) is 5.53. The smallest absolute Gasteiger partial charge is 0.185 e. The van der Waals surface area contributed by atoms with Gasteiger partial charge in [0.2, 0.25) is 0 Å². The van der Waals surface area contributed by atoms with E-state index in [0.717, 1.165) is 37.7 Å². The van der Waals surface area contributed by atoms with Crippen molar-refractivity contribution < 1.29 is 0 Å². The second-order valence-corrected chi connectivity index (χ2v) is 6.95. The van der Waals surface area contributed by atoms with Gasteiger partial charge in [-0.3, -0.25) is 0 Å². The van der Waals surface area contributed by atoms with E-state index in [1.54, 1.807) is 11.3 Å². The van der Waals surface area contributed by atoms with Crippen LogP contribution in [0.3, 0.4) is 0 Å². The number of rotatable bonds is 8. The Labute approximate surface area is 129 Å². The maximum absolute atomic E-state index is 4.51. The summed E-state index contributed by atoms with van der Waals surface area (Å²) in [7, 11) is 0. The van der Waals surface area contributed by atoms with Gasteiger partial charge in [-0.05, 0) is 32.4 Å². The first-order chi connectivity index (χ1) is 9.76. The van der Waals surface area contributed by atoms with E-state index in [1.807, 2.05) is 17.5 Å². The number of nitrogens with one attached hydrogen (secondary N) is 1. The molecule has 1 N–H and O–H groups in total. The lowest BCUT2D eigenvalue weighted by atomic mass is 10.3. The minimum atomic E-state index is 0.901. The molecule has 2 rings (SSSR count). The molecule has 0 fully saturated rings. The van der Waals surface area contributed by atoms with Crippen molar-refractivity contribution in [1.82, 2.24) is 10.3 Å². The molecule has 0 bridgehead atoms. The highest BCUT2D eigenvalue weighted by molar-refractivity contribution is 7.15. The van der Waals surface area contributed by atoms with E-state index < -0.39 is 0 Å². The van der Waals surface area contributed by atoms with Crippen molar-refractivity contribution in [3.05, 3.63) is 33.0 Å². The molecule has 20 heavy (non-hydrogen) atoms. The molecule has 2 aromatic rings. The Kier molecular flexibility index (Phi) is 6.01. The highest BCUT2D eigenvalue weighted by atomic mass is 32.1. The fourth-order valence-electron chi connectivity index (χ4n) is 2.04. The number of aryl methyl sites for hydroxylation is 1. The van der Waals surface area contributed by atoms with Crippen LogP contribution < -0.4 is 10.2 Å². The predicted octanol–water partition coefficient (Wildman–Crippen LogP) is 3.90. The van der Waals surface area contributed by atoms with Crippen molar-refractivity contribution >= 4 is 27.8 Å². The standard InChI is InChI=1S/C15H23N3S2/c1-4-12-7-8-13(19-12)9-16-10-14-11-17-15(20-14)18(5-2)6-3/h7-8,11,16H,4-6,9-10H2,1-3H3. The monoisotopic (exact) mass is 309 g/mol. The fourth-order valence-corrected chi connectivity index (χ4v) is 3.97. The maximum Gasteiger partial charge on any atom is 0.185 e. The largest absolute Gasteiger partial charge is 0.349 e. The van der Waals surface area contributed by atoms with Crippen molar-refractivity contribution in [2.45, 2.75) is 40.3 Å². The third-order valence-electron chi connectivity index (χ3n) is 3.24. The Morgan fingerprint density at radius 3 is 2.35 bits per heavy atom. The van der Waals surface area contributed by atoms with Gasteiger partial charge < -0.3 is 10.2 Å². The SMILES string of the molecule is CCc1ccc(CNCc2cnc(N(CC)CC)s2)s1. The summed E-state index contributed by atoms with van der Waals surface area (Å²) >= 11 is 3.69. The molecule has 0 aliphatic carbocycles. The molecule has 0 aromatic carbocycles. The molecular formula is C15H23N3S2. The van der Waals surface area contributed by atoms with Crippen LogP contribution >= 0.6 is 22.7 Å². The van der Waals surface area contributed by atoms with E-state index in [0.29, 0.717) is 0 Å². The van der Waals surface area contributed by atoms with Crippen LogP contribution in [0.5, 0.6) is 0 Å². The van der Waals surface area contributed by atoms with Crippen LogP contribution in [0, 0.1) is 0 Å². The van der Waals surface area contributed by atoms with Gasteiger partial charge in [0.25, 0.3) is 0 Å². The van der Waals surface area contributed by atoms with Gasteiger partial charge in [0.15, 0.2) is 5.13 Å². The summed E-state index contributed by atoms with van der Waals surface area (Å²) in [6.07, 6.45) is 3.13. The Bertz CT molecular complexity index is 515. The van der Waals surface area contributed by atoms with Gasteiger partial charge in [0.05, 0.1) is 0 Å². The number of aromatic nitrogens is 1. The molecule has 2 aromatic heterocycles. The normalized spacial score (nSPS) is 10.9. The summed E-state index contributed by atoms with van der Waals surface area (Å²) in [4.78, 5) is 11.0. The van der Waals surface area contributed by atoms with Crippen LogP contribution in [0.25, 0.3) is 0 Å². The van der Waals surface area contributed by atoms with Crippen molar-refractivity contribution in [3.8, 4) is 0 Å². The quantitative estimate of drug-likeness (QED) is 0.801. The topological polar surface area (TPSA) is 28.2 Å². The summed E-state index contributed by atoms with van der Waals surface area (Å²) in [6, 6.07) is 4.46. The molecule has 0 amide bonds. The van der Waals surface area contributed by atoms with Crippen molar-refractivity contribution in [2.75, 3.05) is 18.0 Å². The van der Waals surface area contributed by atoms with Crippen molar-refractivity contribution in [2.24, 2.45) is 0 Å². The first-order valence-electron chi connectivity index (χ1n) is 7.24. The number of hydrogen-bond acceptors (Lipinski definition) is 5. The van der Waals surface area contributed by atoms with Crippen LogP contribution in [0.2, 0.25) is 0 Å². The minimum absolute atomic E-state index is 0.901. The third kappa shape index (κ3) is 4.04. The van der Waals surface area contributed by atoms with E-state index in [9.17, 15) is 0 Å². The first-order valence-corrected chi connectivity index (χ1v) is 8.88. The molecule has 0 saturated carbocycles. The molecule has 0 radical (unpaired) electrons. The summed E-state index contributed by atoms with van der Waals surface area (Å²) < 4.78 is 0. The van der Waals surface area contributed by atoms with Gasteiger partial charge >= 0.3 is 0 Å². The molecule has 0 saturated heterocycles. The van der Waals surface area contributed by atoms with Crippen molar-refractivity contribution in [3.63, 3.8) is 0 Å². The Balaban J connectivity index is 1.82. The van der Waals surface area contributed by atoms with Gasteiger partial charge in [-0.2, -0.15) is 0 Å². The van der Waals surface area contributed by atoms with E-state index in [2.05, 4.69) is 48.1 Å². The number of thiophene rings is 1. The number of anilines is 1. The van der Waals surface area contributed by atoms with Gasteiger partial charge in [0, 0.05) is 47.0 Å². The summed E-state index contributed by atoms with van der Waals surface area (Å²) in [5.74, 6) is 0. The summed E-state index contributed by atoms with van der Waals surface area (Å²) in [6.45, 7) is 10.4. The number of thiazole rings is 1. The Morgan fingerprint density at radius 1 is 1.00 bits per heavy atom. The molecule has 0 aliphatic rings. The lowest BCUT2D eigenvalue weighted by Gasteiger charge is -2.16. The minimum Gasteiger partial charge on any atom is -0.349 e. The molecule has 0 spiro atoms. The molecule has 0 atom stereocenters. The predicted molar refractivity (Wildman–Crippen MR) is 89.9 cm³/mol. The van der Waals surface area contributed by atoms with Crippen LogP contribution in [0.1, 0.15) is 35.4 Å². The first kappa shape index (κ1) is 15.5. The van der Waals surface area contributed by atoms with E-state index in [-0.39, 0.29) is 0 Å². The zero-order valence-corrected chi connectivity index (χ0v) is 14.1. The molecule has 0 aliphatic heterocycles. The number of hydrogen-bond donors (Lipinski definition) is 1. The zero-order chi connectivity index (χ0) is 14.4. The van der Waals surface area contributed by atoms with Crippen molar-refractivity contribution in [1.29, 1.82) is 0 Å². The van der Waals surface area contributed by atoms with Gasteiger partial charge in [-0.25, -0.2) is 4.98 Å². The molecule has 5 heteroatoms. The molecule has 3 nitrogen and oxygen atoms in total. The second-order valence-electron chi connectivity index (χ2n) is 4.61. The van der Waals surface area contributed by atoms with E-state index in [1.165, 1.54) is 14.6 Å². The summed E-state index contributed by atoms with van der Waals surface area (Å²) in [5.41, 5.74) is 0. The molecule has 0 unspecified atom stereocenters. The number of nitrogens with zero attached hydrogens (tertiary/aromatic N) is 2. The molecular weight excluding hydrogens is 286 g/mol. The second kappa shape index (κ2) is 7.76. The van der Waals surface area contributed by atoms with E-state index >= 15 is 0 Å². The van der Waals surface area contributed by atoms with Crippen LogP contribution in [0.4, 0.5) is 5.13 Å². The van der Waals surface area contributed by atoms with Gasteiger partial charge in [-0.15, -0.1) is 22.7 Å². The van der Waals surface area contributed by atoms with E-state index in [4.69, 9.17) is 0 Å². The lowest BCUT2D eigenvalue weighted by molar-refractivity contribution is 0.708. The van der Waals surface area contributed by atoms with Crippen LogP contribution in [-0.2, 0) is 19.5 Å². The van der Waals surface area contributed by atoms with Crippen LogP contribution in [0.15, 0.2) is 18.3 Å². The zero-order valence-electron chi connectivity index (χ0n) is 12.5. The highest BCUT2D eigenvalue weighted by Crippen LogP contribution is 2.22. The molecule has 2 heterocycles. The maximum atomic E-state index is 4.51. The average Bonchev–Trinajstić information content (AvgIpc) is 3.10. The lowest BCUT2D eigenvalue weighted by Crippen LogP contribution is -2.21. The average molecular weight is 310 g/mol. The summed E-state index contributed by atoms with van der Waals surface area (Å²) in [5, 5.41) is 4.64. The fraction of sp³-hybridized carbons (Fsp3) is 0.533. The van der Waals surface area contributed by atoms with Gasteiger partial charge in [0.1, 0.15) is 0 Å².